The Labute approximate surface area is 199 Å². The van der Waals surface area contributed by atoms with Crippen molar-refractivity contribution in [1.29, 1.82) is 5.41 Å². The van der Waals surface area contributed by atoms with Crippen LogP contribution in [0, 0.1) is 17.0 Å². The number of halogens is 3. The zero-order valence-electron chi connectivity index (χ0n) is 16.9. The number of imidazole rings is 1. The van der Waals surface area contributed by atoms with E-state index in [1.54, 1.807) is 10.6 Å². The first-order valence-corrected chi connectivity index (χ1v) is 11.5. The van der Waals surface area contributed by atoms with E-state index in [1.165, 1.54) is 30.4 Å². The van der Waals surface area contributed by atoms with Gasteiger partial charge in [-0.2, -0.15) is 0 Å². The summed E-state index contributed by atoms with van der Waals surface area (Å²) in [4.78, 5) is 11.7. The van der Waals surface area contributed by atoms with Crippen LogP contribution in [0.1, 0.15) is 17.4 Å². The van der Waals surface area contributed by atoms with Gasteiger partial charge in [-0.3, -0.25) is 5.41 Å². The van der Waals surface area contributed by atoms with E-state index in [1.807, 2.05) is 24.3 Å². The number of aryl methyl sites for hydroxylation is 2. The molecular formula is C22H16BrF2N5O2S. The fraction of sp³-hybridized carbons (Fsp3) is 0.136. The molecule has 1 atom stereocenters. The quantitative estimate of drug-likeness (QED) is 0.358. The van der Waals surface area contributed by atoms with Crippen LogP contribution in [-0.2, 0) is 22.4 Å². The Morgan fingerprint density at radius 1 is 1.18 bits per heavy atom. The monoisotopic (exact) mass is 531 g/mol. The van der Waals surface area contributed by atoms with Crippen LogP contribution < -0.4 is 5.49 Å². The molecule has 5 rings (SSSR count). The van der Waals surface area contributed by atoms with Crippen LogP contribution >= 0.6 is 27.7 Å². The van der Waals surface area contributed by atoms with Crippen molar-refractivity contribution in [2.45, 2.75) is 24.4 Å². The topological polar surface area (TPSA) is 88.8 Å². The van der Waals surface area contributed by atoms with Crippen molar-refractivity contribution >= 4 is 38.9 Å². The van der Waals surface area contributed by atoms with Crippen molar-refractivity contribution in [1.82, 2.24) is 19.5 Å². The van der Waals surface area contributed by atoms with Gasteiger partial charge < -0.3 is 19.0 Å². The van der Waals surface area contributed by atoms with Gasteiger partial charge in [-0.1, -0.05) is 46.3 Å². The van der Waals surface area contributed by atoms with Gasteiger partial charge in [0.15, 0.2) is 27.9 Å². The lowest BCUT2D eigenvalue weighted by Gasteiger charge is -2.12. The molecule has 1 unspecified atom stereocenters. The van der Waals surface area contributed by atoms with Crippen LogP contribution in [0.4, 0.5) is 8.78 Å². The minimum Gasteiger partial charge on any atom is -0.454 e. The summed E-state index contributed by atoms with van der Waals surface area (Å²) in [6.45, 7) is 0.311. The van der Waals surface area contributed by atoms with E-state index in [4.69, 9.17) is 14.9 Å². The Hall–Kier alpha value is -3.18. The summed E-state index contributed by atoms with van der Waals surface area (Å²) >= 11 is 4.70. The van der Waals surface area contributed by atoms with Gasteiger partial charge in [0.25, 0.3) is 6.29 Å². The predicted molar refractivity (Wildman–Crippen MR) is 121 cm³/mol. The van der Waals surface area contributed by atoms with Crippen LogP contribution in [0.25, 0.3) is 11.2 Å². The van der Waals surface area contributed by atoms with Crippen LogP contribution in [-0.4, -0.2) is 19.5 Å². The number of nitrogens with one attached hydrogen (secondary N) is 2. The highest BCUT2D eigenvalue weighted by Gasteiger charge is 2.25. The molecular weight excluding hydrogens is 516 g/mol. The molecule has 4 aromatic rings. The van der Waals surface area contributed by atoms with Gasteiger partial charge in [0.2, 0.25) is 5.09 Å². The zero-order valence-corrected chi connectivity index (χ0v) is 19.3. The molecule has 2 aromatic heterocycles. The van der Waals surface area contributed by atoms with E-state index in [2.05, 4.69) is 30.9 Å². The fourth-order valence-corrected chi connectivity index (χ4v) is 4.57. The third-order valence-electron chi connectivity index (χ3n) is 5.02. The number of aromatic amines is 1. The molecule has 33 heavy (non-hydrogen) atoms. The van der Waals surface area contributed by atoms with Gasteiger partial charge in [0.05, 0.1) is 6.33 Å². The average molecular weight is 532 g/mol. The number of hydrogen-bond donors (Lipinski definition) is 2. The number of aromatic nitrogens is 4. The predicted octanol–water partition coefficient (Wildman–Crippen LogP) is 5.16. The number of H-pyrrole nitrogens is 1. The molecule has 0 spiro atoms. The molecule has 0 fully saturated rings. The van der Waals surface area contributed by atoms with Crippen molar-refractivity contribution in [3.8, 4) is 0 Å². The summed E-state index contributed by atoms with van der Waals surface area (Å²) in [6.07, 6.45) is 2.65. The molecule has 0 radical (unpaired) electrons. The van der Waals surface area contributed by atoms with E-state index in [9.17, 15) is 8.78 Å². The van der Waals surface area contributed by atoms with Gasteiger partial charge >= 0.3 is 0 Å². The summed E-state index contributed by atoms with van der Waals surface area (Å²) in [5.74, 6) is -1.74. The molecule has 0 amide bonds. The Kier molecular flexibility index (Phi) is 5.90. The molecule has 2 aromatic carbocycles. The van der Waals surface area contributed by atoms with Crippen molar-refractivity contribution in [3.63, 3.8) is 0 Å². The first-order valence-electron chi connectivity index (χ1n) is 9.87. The largest absolute Gasteiger partial charge is 0.454 e. The number of ether oxygens (including phenoxy) is 2. The number of hydrogen-bond acceptors (Lipinski definition) is 6. The highest BCUT2D eigenvalue weighted by Crippen LogP contribution is 2.38. The number of fused-ring (bicyclic) bond motifs is 1. The molecule has 1 aliphatic rings. The third kappa shape index (κ3) is 4.38. The number of nitrogens with zero attached hydrogens (tertiary/aromatic N) is 3. The molecule has 2 N–H and O–H groups in total. The highest BCUT2D eigenvalue weighted by molar-refractivity contribution is 9.10. The second-order valence-corrected chi connectivity index (χ2v) is 8.98. The van der Waals surface area contributed by atoms with Gasteiger partial charge in [-0.25, -0.2) is 18.7 Å². The maximum atomic E-state index is 14.0. The highest BCUT2D eigenvalue weighted by atomic mass is 79.9. The SMILES string of the molecule is N=c1ncn(CCc2cccc(F)c2F)c2nc(SC3=COC(c4ccccc4Br)O3)[nH]c12. The molecule has 168 valence electrons. The van der Waals surface area contributed by atoms with Gasteiger partial charge in [-0.15, -0.1) is 0 Å². The number of benzene rings is 2. The summed E-state index contributed by atoms with van der Waals surface area (Å²) < 4.78 is 41.6. The van der Waals surface area contributed by atoms with Crippen LogP contribution in [0.15, 0.2) is 69.8 Å². The maximum Gasteiger partial charge on any atom is 0.268 e. The average Bonchev–Trinajstić information content (AvgIpc) is 3.44. The van der Waals surface area contributed by atoms with Gasteiger partial charge in [0, 0.05) is 16.6 Å². The van der Waals surface area contributed by atoms with Crippen LogP contribution in [0.3, 0.4) is 0 Å². The lowest BCUT2D eigenvalue weighted by Crippen LogP contribution is -2.14. The van der Waals surface area contributed by atoms with Crippen molar-refractivity contribution in [2.75, 3.05) is 0 Å². The van der Waals surface area contributed by atoms with Crippen molar-refractivity contribution < 1.29 is 18.3 Å². The Bertz CT molecular complexity index is 1440. The van der Waals surface area contributed by atoms with E-state index >= 15 is 0 Å². The smallest absolute Gasteiger partial charge is 0.268 e. The summed E-state index contributed by atoms with van der Waals surface area (Å²) in [5.41, 5.74) is 2.06. The molecule has 0 saturated heterocycles. The van der Waals surface area contributed by atoms with E-state index in [0.29, 0.717) is 28.0 Å². The second-order valence-electron chi connectivity index (χ2n) is 7.14. The first kappa shape index (κ1) is 21.7. The maximum absolute atomic E-state index is 14.0. The zero-order chi connectivity index (χ0) is 22.9. The molecule has 0 saturated carbocycles. The molecule has 0 aliphatic carbocycles. The molecule has 11 heteroatoms. The molecule has 3 heterocycles. The number of rotatable bonds is 6. The summed E-state index contributed by atoms with van der Waals surface area (Å²) in [5, 5.41) is 9.08. The Morgan fingerprint density at radius 3 is 2.88 bits per heavy atom. The fourth-order valence-electron chi connectivity index (χ4n) is 3.38. The van der Waals surface area contributed by atoms with Crippen LogP contribution in [0.5, 0.6) is 0 Å². The summed E-state index contributed by atoms with van der Waals surface area (Å²) in [7, 11) is 0. The van der Waals surface area contributed by atoms with E-state index in [0.717, 1.165) is 16.1 Å². The standard InChI is InChI=1S/C22H16BrF2N5O2S/c23-14-6-2-1-5-13(14)21-31-10-16(32-21)33-22-28-18-19(26)27-11-30(20(18)29-22)9-8-12-4-3-7-15(24)17(12)25/h1-7,10-11,21,26H,8-9H2,(H,28,29). The minimum absolute atomic E-state index is 0.0289. The van der Waals surface area contributed by atoms with Gasteiger partial charge in [-0.05, 0) is 35.9 Å². The molecule has 0 bridgehead atoms. The molecule has 1 aliphatic heterocycles. The van der Waals surface area contributed by atoms with E-state index in [-0.39, 0.29) is 17.5 Å². The Balaban J connectivity index is 1.34. The second kappa shape index (κ2) is 8.99. The lowest BCUT2D eigenvalue weighted by atomic mass is 10.1. The summed E-state index contributed by atoms with van der Waals surface area (Å²) in [6, 6.07) is 11.7. The minimum atomic E-state index is -0.881. The van der Waals surface area contributed by atoms with Crippen LogP contribution in [0.2, 0.25) is 0 Å². The molecule has 7 nitrogen and oxygen atoms in total. The van der Waals surface area contributed by atoms with Crippen molar-refractivity contribution in [2.24, 2.45) is 0 Å². The Morgan fingerprint density at radius 2 is 2.03 bits per heavy atom. The van der Waals surface area contributed by atoms with Crippen molar-refractivity contribution in [3.05, 3.63) is 92.9 Å². The normalized spacial score (nSPS) is 15.4. The van der Waals surface area contributed by atoms with E-state index < -0.39 is 17.9 Å². The third-order valence-corrected chi connectivity index (χ3v) is 6.52. The lowest BCUT2D eigenvalue weighted by molar-refractivity contribution is -0.0278. The van der Waals surface area contributed by atoms with Gasteiger partial charge in [0.1, 0.15) is 11.8 Å². The number of thioether (sulfide) groups is 1. The first-order chi connectivity index (χ1) is 16.0.